The molecule has 0 saturated heterocycles. The summed E-state index contributed by atoms with van der Waals surface area (Å²) in [5, 5.41) is 3.81. The number of nitrogens with zero attached hydrogens (tertiary/aromatic N) is 2. The van der Waals surface area contributed by atoms with Gasteiger partial charge in [0.05, 0.1) is 17.5 Å². The molecule has 2 heterocycles. The van der Waals surface area contributed by atoms with E-state index < -0.39 is 0 Å². The number of amidine groups is 1. The summed E-state index contributed by atoms with van der Waals surface area (Å²) in [6, 6.07) is 5.76. The van der Waals surface area contributed by atoms with Crippen LogP contribution in [0.2, 0.25) is 0 Å². The molecule has 1 N–H and O–H groups in total. The van der Waals surface area contributed by atoms with Gasteiger partial charge in [-0.25, -0.2) is 0 Å². The summed E-state index contributed by atoms with van der Waals surface area (Å²) >= 11 is 1.51. The molecule has 1 aromatic rings. The Morgan fingerprint density at radius 1 is 1.47 bits per heavy atom. The molecule has 1 atom stereocenters. The molecule has 90 valence electrons. The van der Waals surface area contributed by atoms with Crippen molar-refractivity contribution in [1.82, 2.24) is 10.3 Å². The van der Waals surface area contributed by atoms with E-state index in [1.165, 1.54) is 11.8 Å². The Morgan fingerprint density at radius 2 is 2.29 bits per heavy atom. The molecule has 1 aliphatic heterocycles. The van der Waals surface area contributed by atoms with Crippen molar-refractivity contribution in [2.75, 3.05) is 0 Å². The molecule has 0 fully saturated rings. The molecule has 1 aliphatic rings. The van der Waals surface area contributed by atoms with E-state index in [-0.39, 0.29) is 11.2 Å². The number of aromatic nitrogens is 1. The largest absolute Gasteiger partial charge is 0.359 e. The molecule has 0 bridgehead atoms. The lowest BCUT2D eigenvalue weighted by Crippen LogP contribution is -2.21. The van der Waals surface area contributed by atoms with Crippen LogP contribution in [0.1, 0.15) is 19.5 Å². The third kappa shape index (κ3) is 3.06. The van der Waals surface area contributed by atoms with Crippen molar-refractivity contribution in [3.05, 3.63) is 30.1 Å². The number of amides is 1. The Morgan fingerprint density at radius 3 is 2.88 bits per heavy atom. The van der Waals surface area contributed by atoms with Crippen molar-refractivity contribution in [3.63, 3.8) is 0 Å². The highest BCUT2D eigenvalue weighted by molar-refractivity contribution is 8.15. The topological polar surface area (TPSA) is 54.4 Å². The van der Waals surface area contributed by atoms with Crippen molar-refractivity contribution >= 4 is 22.8 Å². The van der Waals surface area contributed by atoms with E-state index >= 15 is 0 Å². The maximum absolute atomic E-state index is 11.6. The molecular formula is C12H15N3OS. The van der Waals surface area contributed by atoms with Gasteiger partial charge in [-0.1, -0.05) is 31.7 Å². The Kier molecular flexibility index (Phi) is 3.78. The smallest absolute Gasteiger partial charge is 0.261 e. The van der Waals surface area contributed by atoms with Crippen LogP contribution in [-0.4, -0.2) is 21.3 Å². The number of carbonyl (C=O) groups is 1. The minimum Gasteiger partial charge on any atom is -0.359 e. The molecule has 2 rings (SSSR count). The van der Waals surface area contributed by atoms with Gasteiger partial charge in [0, 0.05) is 6.20 Å². The van der Waals surface area contributed by atoms with Crippen LogP contribution in [0.25, 0.3) is 0 Å². The number of rotatable bonds is 3. The molecule has 1 amide bonds. The van der Waals surface area contributed by atoms with Gasteiger partial charge in [-0.15, -0.1) is 0 Å². The molecule has 0 radical (unpaired) electrons. The molecule has 0 aliphatic carbocycles. The predicted molar refractivity (Wildman–Crippen MR) is 69.7 cm³/mol. The Labute approximate surface area is 105 Å². The fourth-order valence-electron chi connectivity index (χ4n) is 1.53. The van der Waals surface area contributed by atoms with E-state index in [1.54, 1.807) is 6.20 Å². The van der Waals surface area contributed by atoms with Crippen LogP contribution in [0.3, 0.4) is 0 Å². The zero-order chi connectivity index (χ0) is 12.3. The van der Waals surface area contributed by atoms with E-state index in [9.17, 15) is 4.79 Å². The zero-order valence-electron chi connectivity index (χ0n) is 9.88. The first kappa shape index (κ1) is 12.1. The highest BCUT2D eigenvalue weighted by Gasteiger charge is 2.30. The van der Waals surface area contributed by atoms with E-state index in [0.717, 1.165) is 5.69 Å². The van der Waals surface area contributed by atoms with Crippen LogP contribution in [-0.2, 0) is 11.3 Å². The molecule has 0 unspecified atom stereocenters. The quantitative estimate of drug-likeness (QED) is 0.888. The number of aliphatic imine (C=N–C) groups is 1. The average Bonchev–Trinajstić information content (AvgIpc) is 2.69. The summed E-state index contributed by atoms with van der Waals surface area (Å²) in [7, 11) is 0. The van der Waals surface area contributed by atoms with Gasteiger partial charge >= 0.3 is 0 Å². The second kappa shape index (κ2) is 5.31. The summed E-state index contributed by atoms with van der Waals surface area (Å²) in [4.78, 5) is 19.8. The van der Waals surface area contributed by atoms with Crippen LogP contribution >= 0.6 is 11.8 Å². The first-order chi connectivity index (χ1) is 8.16. The SMILES string of the molecule is CC(C)[C@@H]1SC(NCc2ccccn2)=NC1=O. The number of hydrogen-bond donors (Lipinski definition) is 1. The zero-order valence-corrected chi connectivity index (χ0v) is 10.7. The Hall–Kier alpha value is -1.36. The van der Waals surface area contributed by atoms with Gasteiger partial charge < -0.3 is 5.32 Å². The maximum Gasteiger partial charge on any atom is 0.261 e. The third-order valence-electron chi connectivity index (χ3n) is 2.45. The first-order valence-electron chi connectivity index (χ1n) is 5.60. The van der Waals surface area contributed by atoms with Crippen LogP contribution in [0.4, 0.5) is 0 Å². The molecule has 0 aromatic carbocycles. The Bertz CT molecular complexity index is 431. The van der Waals surface area contributed by atoms with Crippen LogP contribution in [0.5, 0.6) is 0 Å². The second-order valence-electron chi connectivity index (χ2n) is 4.21. The molecule has 0 spiro atoms. The molecule has 5 heteroatoms. The lowest BCUT2D eigenvalue weighted by molar-refractivity contribution is -0.117. The van der Waals surface area contributed by atoms with Gasteiger partial charge in [-0.3, -0.25) is 9.78 Å². The lowest BCUT2D eigenvalue weighted by atomic mass is 10.1. The number of carbonyl (C=O) groups excluding carboxylic acids is 1. The summed E-state index contributed by atoms with van der Waals surface area (Å²) < 4.78 is 0. The van der Waals surface area contributed by atoms with E-state index in [0.29, 0.717) is 17.6 Å². The number of pyridine rings is 1. The van der Waals surface area contributed by atoms with Gasteiger partial charge in [0.2, 0.25) is 0 Å². The van der Waals surface area contributed by atoms with Gasteiger partial charge in [0.25, 0.3) is 5.91 Å². The molecular weight excluding hydrogens is 234 g/mol. The normalized spacial score (nSPS) is 19.6. The fraction of sp³-hybridized carbons (Fsp3) is 0.417. The van der Waals surface area contributed by atoms with Crippen molar-refractivity contribution in [2.45, 2.75) is 25.6 Å². The minimum atomic E-state index is -0.0405. The van der Waals surface area contributed by atoms with Crippen LogP contribution in [0, 0.1) is 5.92 Å². The summed E-state index contributed by atoms with van der Waals surface area (Å²) in [6.07, 6.45) is 1.75. The standard InChI is InChI=1S/C12H15N3OS/c1-8(2)10-11(16)15-12(17-10)14-7-9-5-3-4-6-13-9/h3-6,8,10H,7H2,1-2H3,(H,14,15,16)/t10-/m0/s1. The number of thioether (sulfide) groups is 1. The van der Waals surface area contributed by atoms with Crippen molar-refractivity contribution < 1.29 is 4.79 Å². The van der Waals surface area contributed by atoms with Crippen molar-refractivity contribution in [1.29, 1.82) is 0 Å². The fourth-order valence-corrected chi connectivity index (χ4v) is 2.50. The summed E-state index contributed by atoms with van der Waals surface area (Å²) in [5.41, 5.74) is 0.941. The van der Waals surface area contributed by atoms with Crippen molar-refractivity contribution in [3.8, 4) is 0 Å². The third-order valence-corrected chi connectivity index (χ3v) is 3.90. The monoisotopic (exact) mass is 249 g/mol. The second-order valence-corrected chi connectivity index (χ2v) is 5.34. The van der Waals surface area contributed by atoms with Gasteiger partial charge in [-0.05, 0) is 18.1 Å². The van der Waals surface area contributed by atoms with E-state index in [4.69, 9.17) is 0 Å². The molecule has 1 aromatic heterocycles. The van der Waals surface area contributed by atoms with E-state index in [1.807, 2.05) is 32.0 Å². The van der Waals surface area contributed by atoms with Crippen molar-refractivity contribution in [2.24, 2.45) is 10.9 Å². The lowest BCUT2D eigenvalue weighted by Gasteiger charge is -2.10. The van der Waals surface area contributed by atoms with Crippen LogP contribution < -0.4 is 5.32 Å². The number of hydrogen-bond acceptors (Lipinski definition) is 4. The van der Waals surface area contributed by atoms with Crippen LogP contribution in [0.15, 0.2) is 29.4 Å². The molecule has 4 nitrogen and oxygen atoms in total. The summed E-state index contributed by atoms with van der Waals surface area (Å²) in [5.74, 6) is 0.277. The van der Waals surface area contributed by atoms with E-state index in [2.05, 4.69) is 15.3 Å². The molecule has 17 heavy (non-hydrogen) atoms. The summed E-state index contributed by atoms with van der Waals surface area (Å²) in [6.45, 7) is 4.67. The Balaban J connectivity index is 1.90. The number of nitrogens with one attached hydrogen (secondary N) is 1. The first-order valence-corrected chi connectivity index (χ1v) is 6.48. The predicted octanol–water partition coefficient (Wildman–Crippen LogP) is 1.83. The maximum atomic E-state index is 11.6. The highest BCUT2D eigenvalue weighted by atomic mass is 32.2. The van der Waals surface area contributed by atoms with Gasteiger partial charge in [0.1, 0.15) is 0 Å². The van der Waals surface area contributed by atoms with Gasteiger partial charge in [0.15, 0.2) is 5.17 Å². The van der Waals surface area contributed by atoms with Gasteiger partial charge in [-0.2, -0.15) is 4.99 Å². The molecule has 0 saturated carbocycles. The average molecular weight is 249 g/mol. The minimum absolute atomic E-state index is 0.0338. The highest BCUT2D eigenvalue weighted by Crippen LogP contribution is 2.27.